The fourth-order valence-electron chi connectivity index (χ4n) is 2.35. The molecular weight excluding hydrogens is 330 g/mol. The fourth-order valence-corrected chi connectivity index (χ4v) is 2.35. The first-order valence-corrected chi connectivity index (χ1v) is 8.39. The van der Waals surface area contributed by atoms with E-state index in [0.29, 0.717) is 25.5 Å². The molecule has 0 aliphatic carbocycles. The summed E-state index contributed by atoms with van der Waals surface area (Å²) in [7, 11) is 0. The minimum atomic E-state index is -0.140. The molecule has 0 aliphatic heterocycles. The van der Waals surface area contributed by atoms with Gasteiger partial charge in [-0.3, -0.25) is 4.79 Å². The van der Waals surface area contributed by atoms with Crippen LogP contribution >= 0.6 is 0 Å². The molecule has 7 heteroatoms. The number of aromatic nitrogens is 3. The van der Waals surface area contributed by atoms with E-state index < -0.39 is 0 Å². The van der Waals surface area contributed by atoms with Crippen LogP contribution in [-0.2, 0) is 16.1 Å². The van der Waals surface area contributed by atoms with Crippen LogP contribution in [0.15, 0.2) is 67.3 Å². The average molecular weight is 351 g/mol. The summed E-state index contributed by atoms with van der Waals surface area (Å²) in [5.74, 6) is 1.35. The topological polar surface area (TPSA) is 81.1 Å². The van der Waals surface area contributed by atoms with Gasteiger partial charge in [0.25, 0.3) is 0 Å². The minimum absolute atomic E-state index is 0.0418. The van der Waals surface area contributed by atoms with Crippen molar-refractivity contribution < 1.29 is 9.53 Å². The number of hydrogen-bond donors (Lipinski definition) is 2. The van der Waals surface area contributed by atoms with Gasteiger partial charge in [-0.05, 0) is 17.7 Å². The maximum atomic E-state index is 11.8. The van der Waals surface area contributed by atoms with Gasteiger partial charge in [-0.15, -0.1) is 0 Å². The molecule has 1 amide bonds. The third-order valence-corrected chi connectivity index (χ3v) is 3.62. The average Bonchev–Trinajstić information content (AvgIpc) is 3.21. The molecule has 0 bridgehead atoms. The number of benzene rings is 1. The van der Waals surface area contributed by atoms with Crippen LogP contribution in [-0.4, -0.2) is 40.1 Å². The van der Waals surface area contributed by atoms with Crippen molar-refractivity contribution in [2.75, 3.05) is 25.0 Å². The van der Waals surface area contributed by atoms with Crippen molar-refractivity contribution in [3.05, 3.63) is 72.8 Å². The Kier molecular flexibility index (Phi) is 6.33. The van der Waals surface area contributed by atoms with Crippen molar-refractivity contribution in [2.45, 2.75) is 6.61 Å². The summed E-state index contributed by atoms with van der Waals surface area (Å²) in [6, 6.07) is 15.5. The van der Waals surface area contributed by atoms with Crippen LogP contribution in [0.4, 0.5) is 5.82 Å². The summed E-state index contributed by atoms with van der Waals surface area (Å²) in [5.41, 5.74) is 1.05. The molecule has 3 rings (SSSR count). The molecule has 7 nitrogen and oxygen atoms in total. The Morgan fingerprint density at radius 2 is 1.85 bits per heavy atom. The molecule has 0 aliphatic rings. The molecule has 2 heterocycles. The van der Waals surface area contributed by atoms with Crippen molar-refractivity contribution in [3.8, 4) is 5.82 Å². The first kappa shape index (κ1) is 17.6. The van der Waals surface area contributed by atoms with E-state index in [1.807, 2.05) is 65.5 Å². The summed E-state index contributed by atoms with van der Waals surface area (Å²) in [6.07, 6.45) is 5.34. The maximum Gasteiger partial charge on any atom is 0.246 e. The lowest BCUT2D eigenvalue weighted by molar-refractivity contribution is -0.126. The highest BCUT2D eigenvalue weighted by molar-refractivity contribution is 5.77. The lowest BCUT2D eigenvalue weighted by atomic mass is 10.2. The Hall–Kier alpha value is -3.19. The van der Waals surface area contributed by atoms with Crippen LogP contribution in [0.1, 0.15) is 5.56 Å². The van der Waals surface area contributed by atoms with Gasteiger partial charge < -0.3 is 19.9 Å². The number of carbonyl (C=O) groups is 1. The number of nitrogens with one attached hydrogen (secondary N) is 2. The van der Waals surface area contributed by atoms with E-state index in [4.69, 9.17) is 4.74 Å². The normalized spacial score (nSPS) is 10.5. The summed E-state index contributed by atoms with van der Waals surface area (Å²) in [6.45, 7) is 1.51. The van der Waals surface area contributed by atoms with Gasteiger partial charge in [0.15, 0.2) is 0 Å². The molecule has 0 saturated heterocycles. The third-order valence-electron chi connectivity index (χ3n) is 3.62. The summed E-state index contributed by atoms with van der Waals surface area (Å²) >= 11 is 0. The molecule has 3 aromatic rings. The van der Waals surface area contributed by atoms with E-state index in [-0.39, 0.29) is 12.5 Å². The highest BCUT2D eigenvalue weighted by atomic mass is 16.5. The van der Waals surface area contributed by atoms with Crippen molar-refractivity contribution in [1.82, 2.24) is 19.9 Å². The number of anilines is 1. The maximum absolute atomic E-state index is 11.8. The van der Waals surface area contributed by atoms with Gasteiger partial charge in [0.2, 0.25) is 5.91 Å². The van der Waals surface area contributed by atoms with Crippen LogP contribution in [0.25, 0.3) is 5.82 Å². The van der Waals surface area contributed by atoms with Gasteiger partial charge in [0.1, 0.15) is 24.6 Å². The van der Waals surface area contributed by atoms with Gasteiger partial charge in [-0.1, -0.05) is 30.3 Å². The van der Waals surface area contributed by atoms with Gasteiger partial charge in [-0.25, -0.2) is 9.97 Å². The molecular formula is C19H21N5O2. The summed E-state index contributed by atoms with van der Waals surface area (Å²) in [5, 5.41) is 5.97. The Morgan fingerprint density at radius 1 is 1.04 bits per heavy atom. The highest BCUT2D eigenvalue weighted by Crippen LogP contribution is 2.08. The molecule has 2 aromatic heterocycles. The van der Waals surface area contributed by atoms with E-state index in [1.54, 1.807) is 0 Å². The second kappa shape index (κ2) is 9.33. The van der Waals surface area contributed by atoms with E-state index in [9.17, 15) is 4.79 Å². The van der Waals surface area contributed by atoms with Crippen molar-refractivity contribution in [2.24, 2.45) is 0 Å². The van der Waals surface area contributed by atoms with E-state index in [2.05, 4.69) is 20.6 Å². The third kappa shape index (κ3) is 5.42. The number of rotatable bonds is 9. The predicted octanol–water partition coefficient (Wildman–Crippen LogP) is 2.01. The smallest absolute Gasteiger partial charge is 0.246 e. The zero-order valence-electron chi connectivity index (χ0n) is 14.3. The van der Waals surface area contributed by atoms with Gasteiger partial charge in [0, 0.05) is 31.5 Å². The SMILES string of the molecule is O=C(COCc1ccccc1)NCCNc1cc(-n2cccc2)ncn1. The minimum Gasteiger partial charge on any atom is -0.368 e. The van der Waals surface area contributed by atoms with Crippen LogP contribution in [0.5, 0.6) is 0 Å². The lowest BCUT2D eigenvalue weighted by Crippen LogP contribution is -2.31. The molecule has 0 unspecified atom stereocenters. The van der Waals surface area contributed by atoms with Crippen LogP contribution in [0.3, 0.4) is 0 Å². The Balaban J connectivity index is 1.34. The number of carbonyl (C=O) groups excluding carboxylic acids is 1. The monoisotopic (exact) mass is 351 g/mol. The van der Waals surface area contributed by atoms with Crippen molar-refractivity contribution in [3.63, 3.8) is 0 Å². The van der Waals surface area contributed by atoms with Crippen molar-refractivity contribution in [1.29, 1.82) is 0 Å². The molecule has 26 heavy (non-hydrogen) atoms. The molecule has 0 spiro atoms. The van der Waals surface area contributed by atoms with Crippen LogP contribution < -0.4 is 10.6 Å². The van der Waals surface area contributed by atoms with Crippen molar-refractivity contribution >= 4 is 11.7 Å². The number of amides is 1. The molecule has 0 fully saturated rings. The largest absolute Gasteiger partial charge is 0.368 e. The standard InChI is InChI=1S/C19H21N5O2/c25-19(14-26-13-16-6-2-1-3-7-16)21-9-8-20-17-12-18(23-15-22-17)24-10-4-5-11-24/h1-7,10-12,15H,8-9,13-14H2,(H,21,25)(H,20,22,23). The lowest BCUT2D eigenvalue weighted by Gasteiger charge is -2.09. The number of hydrogen-bond acceptors (Lipinski definition) is 5. The van der Waals surface area contributed by atoms with Crippen LogP contribution in [0, 0.1) is 0 Å². The first-order chi connectivity index (χ1) is 12.8. The van der Waals surface area contributed by atoms with Gasteiger partial charge >= 0.3 is 0 Å². The molecule has 1 aromatic carbocycles. The highest BCUT2D eigenvalue weighted by Gasteiger charge is 2.02. The van der Waals surface area contributed by atoms with E-state index in [1.165, 1.54) is 6.33 Å². The van der Waals surface area contributed by atoms with E-state index >= 15 is 0 Å². The summed E-state index contributed by atoms with van der Waals surface area (Å²) < 4.78 is 7.30. The number of nitrogens with zero attached hydrogens (tertiary/aromatic N) is 3. The molecule has 0 radical (unpaired) electrons. The Bertz CT molecular complexity index is 806. The van der Waals surface area contributed by atoms with Gasteiger partial charge in [-0.2, -0.15) is 0 Å². The molecule has 134 valence electrons. The zero-order valence-corrected chi connectivity index (χ0v) is 14.3. The predicted molar refractivity (Wildman–Crippen MR) is 99.0 cm³/mol. The zero-order chi connectivity index (χ0) is 18.0. The summed E-state index contributed by atoms with van der Waals surface area (Å²) in [4.78, 5) is 20.2. The molecule has 0 saturated carbocycles. The first-order valence-electron chi connectivity index (χ1n) is 8.39. The van der Waals surface area contributed by atoms with Crippen LogP contribution in [0.2, 0.25) is 0 Å². The Labute approximate surface area is 152 Å². The molecule has 2 N–H and O–H groups in total. The fraction of sp³-hybridized carbons (Fsp3) is 0.211. The Morgan fingerprint density at radius 3 is 2.65 bits per heavy atom. The number of ether oxygens (including phenoxy) is 1. The second-order valence-corrected chi connectivity index (χ2v) is 5.61. The quantitative estimate of drug-likeness (QED) is 0.577. The van der Waals surface area contributed by atoms with Gasteiger partial charge in [0.05, 0.1) is 6.61 Å². The molecule has 0 atom stereocenters. The van der Waals surface area contributed by atoms with E-state index in [0.717, 1.165) is 11.4 Å². The second-order valence-electron chi connectivity index (χ2n) is 5.61.